The SMILES string of the molecule is CCCCC[C@@H]1O[C@H]1C=CC=O. The Bertz CT molecular complexity index is 163. The second-order valence-electron chi connectivity index (χ2n) is 3.16. The molecule has 68 valence electrons. The molecule has 0 amide bonds. The average molecular weight is 168 g/mol. The molecule has 0 unspecified atom stereocenters. The zero-order valence-electron chi connectivity index (χ0n) is 7.53. The summed E-state index contributed by atoms with van der Waals surface area (Å²) in [6, 6.07) is 0. The van der Waals surface area contributed by atoms with Gasteiger partial charge >= 0.3 is 0 Å². The van der Waals surface area contributed by atoms with E-state index in [4.69, 9.17) is 4.74 Å². The van der Waals surface area contributed by atoms with Crippen LogP contribution in [0.15, 0.2) is 12.2 Å². The van der Waals surface area contributed by atoms with Gasteiger partial charge in [0.2, 0.25) is 0 Å². The molecule has 1 saturated heterocycles. The molecule has 0 bridgehead atoms. The zero-order valence-corrected chi connectivity index (χ0v) is 7.53. The maximum atomic E-state index is 9.96. The summed E-state index contributed by atoms with van der Waals surface area (Å²) in [5, 5.41) is 0. The van der Waals surface area contributed by atoms with Crippen molar-refractivity contribution in [1.82, 2.24) is 0 Å². The lowest BCUT2D eigenvalue weighted by Crippen LogP contribution is -1.90. The van der Waals surface area contributed by atoms with Crippen LogP contribution in [0.2, 0.25) is 0 Å². The Morgan fingerprint density at radius 1 is 1.42 bits per heavy atom. The van der Waals surface area contributed by atoms with Crippen molar-refractivity contribution in [2.24, 2.45) is 0 Å². The van der Waals surface area contributed by atoms with E-state index < -0.39 is 0 Å². The molecule has 2 atom stereocenters. The van der Waals surface area contributed by atoms with E-state index in [1.54, 1.807) is 0 Å². The first-order chi connectivity index (χ1) is 5.88. The second-order valence-corrected chi connectivity index (χ2v) is 3.16. The Hall–Kier alpha value is -0.630. The van der Waals surface area contributed by atoms with Crippen LogP contribution < -0.4 is 0 Å². The number of hydrogen-bond acceptors (Lipinski definition) is 2. The predicted octanol–water partition coefficient (Wildman–Crippen LogP) is 2.09. The molecule has 0 radical (unpaired) electrons. The van der Waals surface area contributed by atoms with Crippen molar-refractivity contribution >= 4 is 6.29 Å². The summed E-state index contributed by atoms with van der Waals surface area (Å²) in [6.07, 6.45) is 9.69. The molecule has 0 aromatic heterocycles. The zero-order chi connectivity index (χ0) is 8.81. The Balaban J connectivity index is 2.00. The van der Waals surface area contributed by atoms with Crippen LogP contribution in [-0.2, 0) is 9.53 Å². The first-order valence-electron chi connectivity index (χ1n) is 4.66. The summed E-state index contributed by atoms with van der Waals surface area (Å²) in [4.78, 5) is 9.96. The van der Waals surface area contributed by atoms with Gasteiger partial charge in [-0.05, 0) is 12.5 Å². The molecule has 0 spiro atoms. The lowest BCUT2D eigenvalue weighted by atomic mass is 10.1. The van der Waals surface area contributed by atoms with Gasteiger partial charge in [0, 0.05) is 0 Å². The van der Waals surface area contributed by atoms with Gasteiger partial charge in [0.25, 0.3) is 0 Å². The first-order valence-corrected chi connectivity index (χ1v) is 4.66. The fourth-order valence-corrected chi connectivity index (χ4v) is 1.31. The number of carbonyl (C=O) groups is 1. The van der Waals surface area contributed by atoms with Crippen molar-refractivity contribution in [3.63, 3.8) is 0 Å². The van der Waals surface area contributed by atoms with Gasteiger partial charge in [0.15, 0.2) is 0 Å². The van der Waals surface area contributed by atoms with Gasteiger partial charge in [0.05, 0.1) is 6.10 Å². The van der Waals surface area contributed by atoms with Gasteiger partial charge in [-0.15, -0.1) is 0 Å². The van der Waals surface area contributed by atoms with E-state index in [1.807, 2.05) is 6.08 Å². The number of hydrogen-bond donors (Lipinski definition) is 0. The molecule has 0 aromatic carbocycles. The van der Waals surface area contributed by atoms with Crippen LogP contribution in [0.1, 0.15) is 32.6 Å². The van der Waals surface area contributed by atoms with Crippen LogP contribution in [0, 0.1) is 0 Å². The Morgan fingerprint density at radius 3 is 2.92 bits per heavy atom. The molecule has 0 N–H and O–H groups in total. The van der Waals surface area contributed by atoms with E-state index in [1.165, 1.54) is 25.3 Å². The van der Waals surface area contributed by atoms with Crippen LogP contribution >= 0.6 is 0 Å². The molecule has 2 nitrogen and oxygen atoms in total. The molecular weight excluding hydrogens is 152 g/mol. The van der Waals surface area contributed by atoms with Crippen molar-refractivity contribution in [1.29, 1.82) is 0 Å². The third kappa shape index (κ3) is 3.18. The summed E-state index contributed by atoms with van der Waals surface area (Å²) in [7, 11) is 0. The van der Waals surface area contributed by atoms with Crippen molar-refractivity contribution in [3.8, 4) is 0 Å². The highest BCUT2D eigenvalue weighted by atomic mass is 16.6. The van der Waals surface area contributed by atoms with Crippen molar-refractivity contribution in [3.05, 3.63) is 12.2 Å². The van der Waals surface area contributed by atoms with Crippen molar-refractivity contribution < 1.29 is 9.53 Å². The quantitative estimate of drug-likeness (QED) is 0.263. The van der Waals surface area contributed by atoms with Gasteiger partial charge in [-0.2, -0.15) is 0 Å². The van der Waals surface area contributed by atoms with Gasteiger partial charge in [-0.1, -0.05) is 32.3 Å². The highest BCUT2D eigenvalue weighted by Gasteiger charge is 2.35. The lowest BCUT2D eigenvalue weighted by Gasteiger charge is -1.91. The van der Waals surface area contributed by atoms with Gasteiger partial charge in [-0.3, -0.25) is 4.79 Å². The molecule has 0 aliphatic carbocycles. The summed E-state index contributed by atoms with van der Waals surface area (Å²) < 4.78 is 5.32. The molecule has 0 saturated carbocycles. The Labute approximate surface area is 73.6 Å². The fourth-order valence-electron chi connectivity index (χ4n) is 1.31. The van der Waals surface area contributed by atoms with Crippen LogP contribution in [0.4, 0.5) is 0 Å². The van der Waals surface area contributed by atoms with Crippen LogP contribution in [0.25, 0.3) is 0 Å². The Kier molecular flexibility index (Phi) is 4.01. The second kappa shape index (κ2) is 5.09. The molecule has 1 heterocycles. The highest BCUT2D eigenvalue weighted by molar-refractivity contribution is 5.64. The van der Waals surface area contributed by atoms with E-state index in [0.717, 1.165) is 12.7 Å². The van der Waals surface area contributed by atoms with E-state index in [-0.39, 0.29) is 6.10 Å². The number of aldehydes is 1. The molecule has 12 heavy (non-hydrogen) atoms. The molecule has 2 heteroatoms. The minimum Gasteiger partial charge on any atom is -0.365 e. The topological polar surface area (TPSA) is 29.6 Å². The van der Waals surface area contributed by atoms with Crippen LogP contribution in [0.5, 0.6) is 0 Å². The summed E-state index contributed by atoms with van der Waals surface area (Å²) in [5.74, 6) is 0. The Morgan fingerprint density at radius 2 is 2.25 bits per heavy atom. The molecule has 1 aliphatic heterocycles. The standard InChI is InChI=1S/C10H16O2/c1-2-3-4-6-9-10(12-9)7-5-8-11/h5,7-10H,2-4,6H2,1H3/t9-,10-/m0/s1. The molecular formula is C10H16O2. The molecule has 0 aromatic rings. The third-order valence-electron chi connectivity index (χ3n) is 2.09. The minimum atomic E-state index is 0.229. The number of rotatable bonds is 6. The van der Waals surface area contributed by atoms with Gasteiger partial charge in [0.1, 0.15) is 12.4 Å². The molecule has 1 rings (SSSR count). The predicted molar refractivity (Wildman–Crippen MR) is 48.0 cm³/mol. The maximum Gasteiger partial charge on any atom is 0.142 e. The van der Waals surface area contributed by atoms with Crippen LogP contribution in [0.3, 0.4) is 0 Å². The largest absolute Gasteiger partial charge is 0.365 e. The molecule has 1 aliphatic rings. The van der Waals surface area contributed by atoms with E-state index in [9.17, 15) is 4.79 Å². The fraction of sp³-hybridized carbons (Fsp3) is 0.700. The molecule has 1 fully saturated rings. The van der Waals surface area contributed by atoms with E-state index in [2.05, 4.69) is 6.92 Å². The number of ether oxygens (including phenoxy) is 1. The van der Waals surface area contributed by atoms with Gasteiger partial charge < -0.3 is 4.74 Å². The summed E-state index contributed by atoms with van der Waals surface area (Å²) in [5.41, 5.74) is 0. The van der Waals surface area contributed by atoms with Gasteiger partial charge in [-0.25, -0.2) is 0 Å². The van der Waals surface area contributed by atoms with E-state index in [0.29, 0.717) is 6.10 Å². The average Bonchev–Trinajstić information content (AvgIpc) is 2.81. The number of epoxide rings is 1. The maximum absolute atomic E-state index is 9.96. The third-order valence-corrected chi connectivity index (χ3v) is 2.09. The minimum absolute atomic E-state index is 0.229. The van der Waals surface area contributed by atoms with E-state index >= 15 is 0 Å². The summed E-state index contributed by atoms with van der Waals surface area (Å²) >= 11 is 0. The monoisotopic (exact) mass is 168 g/mol. The first kappa shape index (κ1) is 9.46. The number of allylic oxidation sites excluding steroid dienone is 1. The van der Waals surface area contributed by atoms with Crippen LogP contribution in [-0.4, -0.2) is 18.5 Å². The smallest absolute Gasteiger partial charge is 0.142 e. The highest BCUT2D eigenvalue weighted by Crippen LogP contribution is 2.28. The van der Waals surface area contributed by atoms with Crippen molar-refractivity contribution in [2.75, 3.05) is 0 Å². The number of carbonyl (C=O) groups excluding carboxylic acids is 1. The summed E-state index contributed by atoms with van der Waals surface area (Å²) in [6.45, 7) is 2.19. The normalized spacial score (nSPS) is 27.8. The number of unbranched alkanes of at least 4 members (excludes halogenated alkanes) is 2. The lowest BCUT2D eigenvalue weighted by molar-refractivity contribution is -0.104. The van der Waals surface area contributed by atoms with Crippen molar-refractivity contribution in [2.45, 2.75) is 44.8 Å².